The number of rotatable bonds is 11. The molecule has 0 saturated heterocycles. The molecule has 0 saturated carbocycles. The number of aromatic nitrogens is 2. The maximum atomic E-state index is 13.1. The van der Waals surface area contributed by atoms with Crippen LogP contribution in [0.2, 0.25) is 5.02 Å². The quantitative estimate of drug-likeness (QED) is 0.324. The van der Waals surface area contributed by atoms with Crippen LogP contribution in [0.15, 0.2) is 35.5 Å². The topological polar surface area (TPSA) is 146 Å². The van der Waals surface area contributed by atoms with Crippen LogP contribution in [-0.4, -0.2) is 75.8 Å². The summed E-state index contributed by atoms with van der Waals surface area (Å²) < 4.78 is 46.8. The lowest BCUT2D eigenvalue weighted by Gasteiger charge is -2.15. The van der Waals surface area contributed by atoms with Crippen molar-refractivity contribution >= 4 is 33.3 Å². The number of nitrogens with zero attached hydrogens (tertiary/aromatic N) is 3. The Bertz CT molecular complexity index is 1590. The van der Waals surface area contributed by atoms with E-state index in [0.717, 1.165) is 11.8 Å². The highest BCUT2D eigenvalue weighted by Gasteiger charge is 2.35. The number of amides is 2. The van der Waals surface area contributed by atoms with Crippen molar-refractivity contribution in [1.82, 2.24) is 20.2 Å². The molecule has 2 aromatic carbocycles. The Morgan fingerprint density at radius 1 is 1.05 bits per heavy atom. The molecule has 4 rings (SSSR count). The number of hydrogen-bond acceptors (Lipinski definition) is 10. The molecule has 218 valence electrons. The first-order chi connectivity index (χ1) is 19.5. The van der Waals surface area contributed by atoms with E-state index in [9.17, 15) is 18.0 Å². The number of halogens is 1. The first-order valence-corrected chi connectivity index (χ1v) is 14.7. The second-order valence-electron chi connectivity index (χ2n) is 9.03. The third-order valence-corrected chi connectivity index (χ3v) is 7.35. The first kappa shape index (κ1) is 29.9. The average Bonchev–Trinajstić information content (AvgIpc) is 3.25. The van der Waals surface area contributed by atoms with Gasteiger partial charge >= 0.3 is 0 Å². The molecule has 41 heavy (non-hydrogen) atoms. The van der Waals surface area contributed by atoms with Crippen LogP contribution in [0.1, 0.15) is 28.5 Å². The third-order valence-electron chi connectivity index (χ3n) is 6.19. The lowest BCUT2D eigenvalue weighted by Crippen LogP contribution is -2.37. The lowest BCUT2D eigenvalue weighted by atomic mass is 10.1. The van der Waals surface area contributed by atoms with E-state index in [2.05, 4.69) is 15.3 Å². The number of nitrogens with one attached hydrogen (secondary N) is 1. The van der Waals surface area contributed by atoms with Crippen molar-refractivity contribution in [3.05, 3.63) is 52.2 Å². The van der Waals surface area contributed by atoms with Crippen molar-refractivity contribution in [3.8, 4) is 34.3 Å². The zero-order valence-corrected chi connectivity index (χ0v) is 24.7. The highest BCUT2D eigenvalue weighted by Crippen LogP contribution is 2.39. The van der Waals surface area contributed by atoms with Gasteiger partial charge in [-0.25, -0.2) is 18.4 Å². The molecule has 2 amide bonds. The zero-order chi connectivity index (χ0) is 29.9. The van der Waals surface area contributed by atoms with Crippen LogP contribution >= 0.6 is 11.6 Å². The largest absolute Gasteiger partial charge is 0.493 e. The highest BCUT2D eigenvalue weighted by atomic mass is 35.5. The summed E-state index contributed by atoms with van der Waals surface area (Å²) in [5.41, 5.74) is 1.60. The molecule has 0 spiro atoms. The second kappa shape index (κ2) is 12.2. The molecule has 0 unspecified atom stereocenters. The van der Waals surface area contributed by atoms with Crippen molar-refractivity contribution < 1.29 is 37.0 Å². The Morgan fingerprint density at radius 3 is 2.27 bits per heavy atom. The summed E-state index contributed by atoms with van der Waals surface area (Å²) in [5.74, 6) is 0.928. The molecule has 0 aliphatic carbocycles. The standard InChI is InChI=1S/C27H29ClN4O8S/c1-6-29-22(33)13-32-12-18-23(30-27(41(5,35)36)31-24(18)26(32)34)17-8-7-16(11-19(17)28)40-14-15-9-20(37-2)25(39-4)21(10-15)38-3/h7-11H,6,12-14H2,1-5H3,(H,29,33). The van der Waals surface area contributed by atoms with Crippen molar-refractivity contribution in [2.75, 3.05) is 40.7 Å². The van der Waals surface area contributed by atoms with Gasteiger partial charge in [0.2, 0.25) is 26.7 Å². The molecule has 0 radical (unpaired) electrons. The van der Waals surface area contributed by atoms with Crippen LogP contribution in [0.4, 0.5) is 0 Å². The number of likely N-dealkylation sites (N-methyl/N-ethyl adjacent to an activating group) is 1. The van der Waals surface area contributed by atoms with E-state index >= 15 is 0 Å². The van der Waals surface area contributed by atoms with Gasteiger partial charge in [-0.3, -0.25) is 9.59 Å². The van der Waals surface area contributed by atoms with E-state index in [0.29, 0.717) is 40.7 Å². The molecule has 2 heterocycles. The Kier molecular flexibility index (Phi) is 8.88. The SMILES string of the molecule is CCNC(=O)CN1Cc2c(nc(S(C)(=O)=O)nc2-c2ccc(OCc3cc(OC)c(OC)c(OC)c3)cc2Cl)C1=O. The van der Waals surface area contributed by atoms with E-state index in [1.807, 2.05) is 0 Å². The van der Waals surface area contributed by atoms with Gasteiger partial charge in [-0.1, -0.05) is 11.6 Å². The summed E-state index contributed by atoms with van der Waals surface area (Å²) in [7, 11) is 0.683. The summed E-state index contributed by atoms with van der Waals surface area (Å²) in [6, 6.07) is 8.36. The van der Waals surface area contributed by atoms with Crippen LogP contribution in [0.3, 0.4) is 0 Å². The predicted octanol–water partition coefficient (Wildman–Crippen LogP) is 2.90. The first-order valence-electron chi connectivity index (χ1n) is 12.4. The number of benzene rings is 2. The summed E-state index contributed by atoms with van der Waals surface area (Å²) in [5, 5.41) is 2.33. The van der Waals surface area contributed by atoms with Gasteiger partial charge in [0.15, 0.2) is 11.5 Å². The van der Waals surface area contributed by atoms with Gasteiger partial charge in [0.05, 0.1) is 38.6 Å². The number of sulfone groups is 1. The number of hydrogen-bond donors (Lipinski definition) is 1. The molecular formula is C27H29ClN4O8S. The fourth-order valence-electron chi connectivity index (χ4n) is 4.31. The van der Waals surface area contributed by atoms with Gasteiger partial charge in [0.25, 0.3) is 5.91 Å². The Balaban J connectivity index is 1.66. The molecule has 0 bridgehead atoms. The van der Waals surface area contributed by atoms with Gasteiger partial charge < -0.3 is 29.2 Å². The average molecular weight is 605 g/mol. The summed E-state index contributed by atoms with van der Waals surface area (Å²) in [6.45, 7) is 2.12. The molecule has 0 atom stereocenters. The van der Waals surface area contributed by atoms with Crippen molar-refractivity contribution in [1.29, 1.82) is 0 Å². The zero-order valence-electron chi connectivity index (χ0n) is 23.1. The Morgan fingerprint density at radius 2 is 1.71 bits per heavy atom. The number of carbonyl (C=O) groups excluding carboxylic acids is 2. The highest BCUT2D eigenvalue weighted by molar-refractivity contribution is 7.90. The van der Waals surface area contributed by atoms with Gasteiger partial charge in [-0.15, -0.1) is 0 Å². The van der Waals surface area contributed by atoms with Crippen LogP contribution in [0.5, 0.6) is 23.0 Å². The number of methoxy groups -OCH3 is 3. The number of ether oxygens (including phenoxy) is 4. The minimum absolute atomic E-state index is 0.0143. The van der Waals surface area contributed by atoms with Gasteiger partial charge in [-0.05, 0) is 42.8 Å². The van der Waals surface area contributed by atoms with Gasteiger partial charge in [-0.2, -0.15) is 0 Å². The number of carbonyl (C=O) groups is 2. The van der Waals surface area contributed by atoms with Gasteiger partial charge in [0.1, 0.15) is 24.6 Å². The van der Waals surface area contributed by atoms with Crippen LogP contribution in [0.25, 0.3) is 11.3 Å². The fourth-order valence-corrected chi connectivity index (χ4v) is 5.08. The van der Waals surface area contributed by atoms with Crippen LogP contribution < -0.4 is 24.3 Å². The van der Waals surface area contributed by atoms with Gasteiger partial charge in [0, 0.05) is 23.9 Å². The molecule has 1 N–H and O–H groups in total. The monoisotopic (exact) mass is 604 g/mol. The molecule has 1 aliphatic rings. The van der Waals surface area contributed by atoms with E-state index in [-0.39, 0.29) is 42.0 Å². The normalized spacial score (nSPS) is 12.6. The molecule has 14 heteroatoms. The smallest absolute Gasteiger partial charge is 0.273 e. The van der Waals surface area contributed by atoms with E-state index in [1.165, 1.54) is 26.2 Å². The fraction of sp³-hybridized carbons (Fsp3) is 0.333. The molecule has 12 nitrogen and oxygen atoms in total. The van der Waals surface area contributed by atoms with E-state index in [4.69, 9.17) is 30.5 Å². The van der Waals surface area contributed by atoms with Crippen molar-refractivity contribution in [2.24, 2.45) is 0 Å². The summed E-state index contributed by atoms with van der Waals surface area (Å²) in [6.07, 6.45) is 0.950. The Hall–Kier alpha value is -4.10. The molecule has 3 aromatic rings. The minimum Gasteiger partial charge on any atom is -0.493 e. The van der Waals surface area contributed by atoms with Crippen molar-refractivity contribution in [2.45, 2.75) is 25.2 Å². The van der Waals surface area contributed by atoms with Crippen LogP contribution in [0, 0.1) is 0 Å². The van der Waals surface area contributed by atoms with Crippen molar-refractivity contribution in [3.63, 3.8) is 0 Å². The number of fused-ring (bicyclic) bond motifs is 1. The van der Waals surface area contributed by atoms with E-state index in [1.54, 1.807) is 37.3 Å². The second-order valence-corrected chi connectivity index (χ2v) is 11.3. The Labute approximate surface area is 242 Å². The molecule has 1 aromatic heterocycles. The van der Waals surface area contributed by atoms with E-state index < -0.39 is 20.9 Å². The molecular weight excluding hydrogens is 576 g/mol. The molecule has 1 aliphatic heterocycles. The maximum absolute atomic E-state index is 13.1. The maximum Gasteiger partial charge on any atom is 0.273 e. The molecule has 0 fully saturated rings. The third kappa shape index (κ3) is 6.30. The lowest BCUT2D eigenvalue weighted by molar-refractivity contribution is -0.121. The predicted molar refractivity (Wildman–Crippen MR) is 149 cm³/mol. The minimum atomic E-state index is -3.87. The summed E-state index contributed by atoms with van der Waals surface area (Å²) in [4.78, 5) is 34.8. The van der Waals surface area contributed by atoms with Crippen LogP contribution in [-0.2, 0) is 27.8 Å². The summed E-state index contributed by atoms with van der Waals surface area (Å²) >= 11 is 6.64.